The molecule has 15 aromatic carbocycles. The van der Waals surface area contributed by atoms with Gasteiger partial charge in [0.25, 0.3) is 11.4 Å². The Morgan fingerprint density at radius 2 is 0.449 bits per heavy atom. The van der Waals surface area contributed by atoms with Gasteiger partial charge in [-0.2, -0.15) is 0 Å². The molecular weight excluding hydrogens is 1320 g/mol. The number of nitrogens with zero attached hydrogens (tertiary/aromatic N) is 8. The van der Waals surface area contributed by atoms with Crippen molar-refractivity contribution < 1.29 is 14.6 Å². The van der Waals surface area contributed by atoms with Crippen molar-refractivity contribution >= 4 is 96.7 Å². The Kier molecular flexibility index (Phi) is 22.7. The smallest absolute Gasteiger partial charge is 0.271 e. The van der Waals surface area contributed by atoms with Crippen LogP contribution < -0.4 is 34.1 Å². The number of ether oxygens (including phenoxy) is 1. The van der Waals surface area contributed by atoms with Crippen molar-refractivity contribution in [2.45, 2.75) is 0 Å². The van der Waals surface area contributed by atoms with E-state index in [0.29, 0.717) is 0 Å². The van der Waals surface area contributed by atoms with Gasteiger partial charge in [0.05, 0.1) is 17.0 Å². The van der Waals surface area contributed by atoms with Gasteiger partial charge in [-0.15, -0.1) is 0 Å². The summed E-state index contributed by atoms with van der Waals surface area (Å²) in [6, 6.07) is 135. The minimum absolute atomic E-state index is 0.0736. The van der Waals surface area contributed by atoms with E-state index in [-0.39, 0.29) is 21.2 Å². The van der Waals surface area contributed by atoms with Crippen LogP contribution in [0.1, 0.15) is 0 Å². The van der Waals surface area contributed by atoms with Crippen molar-refractivity contribution in [1.29, 1.82) is 0 Å². The SMILES string of the molecule is CN(c1ccc(N(c2ccccc2)c2cccc(-c3ccccc3)c2)cc1)c1ccc([N+](=O)[O-])cc1.CN(c1ccc(N(c2ccccc2)c2cccc(-c3ccccc3)c2)cc1)c1cccc([N+](=O)[O-])c1.COc1cccc(N(C)c2ccc(N(c3ccccc3)c3cccc(-c4ccccc4)c3)cc2)c1. The lowest BCUT2D eigenvalue weighted by atomic mass is 10.0. The van der Waals surface area contributed by atoms with Gasteiger partial charge in [0.15, 0.2) is 0 Å². The van der Waals surface area contributed by atoms with E-state index >= 15 is 0 Å². The maximum atomic E-state index is 11.2. The Bertz CT molecular complexity index is 5380. The van der Waals surface area contributed by atoms with Crippen LogP contribution in [0.5, 0.6) is 5.75 Å². The van der Waals surface area contributed by atoms with Crippen LogP contribution in [-0.4, -0.2) is 38.1 Å². The maximum absolute atomic E-state index is 11.2. The molecule has 0 radical (unpaired) electrons. The second-order valence-corrected chi connectivity index (χ2v) is 25.2. The second kappa shape index (κ2) is 34.1. The summed E-state index contributed by atoms with van der Waals surface area (Å²) >= 11 is 0. The zero-order valence-electron chi connectivity index (χ0n) is 59.7. The highest BCUT2D eigenvalue weighted by Gasteiger charge is 2.20. The summed E-state index contributed by atoms with van der Waals surface area (Å²) in [5, 5.41) is 22.2. The highest BCUT2D eigenvalue weighted by molar-refractivity contribution is 5.85. The van der Waals surface area contributed by atoms with Gasteiger partial charge in [-0.1, -0.05) is 194 Å². The third-order valence-corrected chi connectivity index (χ3v) is 18.5. The van der Waals surface area contributed by atoms with Gasteiger partial charge in [-0.3, -0.25) is 20.2 Å². The largest absolute Gasteiger partial charge is 0.497 e. The molecule has 15 rings (SSSR count). The number of anilines is 15. The fourth-order valence-electron chi connectivity index (χ4n) is 12.8. The number of para-hydroxylation sites is 3. The minimum atomic E-state index is -0.385. The molecule has 0 heterocycles. The third kappa shape index (κ3) is 17.4. The molecule has 0 atom stereocenters. The Hall–Kier alpha value is -14.3. The summed E-state index contributed by atoms with van der Waals surface area (Å²) in [7, 11) is 7.63. The first kappa shape index (κ1) is 71.1. The van der Waals surface area contributed by atoms with Crippen LogP contribution in [0.3, 0.4) is 0 Å². The Labute approximate surface area is 625 Å². The number of benzene rings is 15. The molecule has 0 N–H and O–H groups in total. The summed E-state index contributed by atoms with van der Waals surface area (Å²) in [5.41, 5.74) is 22.6. The molecule has 524 valence electrons. The van der Waals surface area contributed by atoms with E-state index in [1.807, 2.05) is 133 Å². The van der Waals surface area contributed by atoms with Gasteiger partial charge in [0.2, 0.25) is 0 Å². The molecule has 0 spiro atoms. The summed E-state index contributed by atoms with van der Waals surface area (Å²) in [4.78, 5) is 34.3. The van der Waals surface area contributed by atoms with E-state index in [2.05, 4.69) is 275 Å². The zero-order valence-corrected chi connectivity index (χ0v) is 59.7. The van der Waals surface area contributed by atoms with Crippen LogP contribution in [0.15, 0.2) is 400 Å². The van der Waals surface area contributed by atoms with Crippen LogP contribution in [0, 0.1) is 20.2 Å². The highest BCUT2D eigenvalue weighted by atomic mass is 16.6. The van der Waals surface area contributed by atoms with Crippen molar-refractivity contribution in [2.75, 3.05) is 57.7 Å². The van der Waals surface area contributed by atoms with Crippen molar-refractivity contribution in [1.82, 2.24) is 0 Å². The van der Waals surface area contributed by atoms with E-state index in [1.165, 1.54) is 40.5 Å². The zero-order chi connectivity index (χ0) is 73.9. The fourth-order valence-corrected chi connectivity index (χ4v) is 12.8. The van der Waals surface area contributed by atoms with E-state index in [0.717, 1.165) is 102 Å². The van der Waals surface area contributed by atoms with Gasteiger partial charge in [0, 0.05) is 137 Å². The lowest BCUT2D eigenvalue weighted by Gasteiger charge is -2.27. The van der Waals surface area contributed by atoms with E-state index in [9.17, 15) is 20.2 Å². The molecular formula is C94H78N8O5. The molecule has 0 amide bonds. The summed E-state index contributed by atoms with van der Waals surface area (Å²) in [5.74, 6) is 0.847. The monoisotopic (exact) mass is 1400 g/mol. The first-order valence-electron chi connectivity index (χ1n) is 35.1. The van der Waals surface area contributed by atoms with E-state index < -0.39 is 0 Å². The lowest BCUT2D eigenvalue weighted by Crippen LogP contribution is -2.12. The molecule has 13 nitrogen and oxygen atoms in total. The van der Waals surface area contributed by atoms with Crippen molar-refractivity contribution in [3.63, 3.8) is 0 Å². The van der Waals surface area contributed by atoms with E-state index in [4.69, 9.17) is 4.74 Å². The standard InChI is InChI=1S/C32H28N2O.2C31H25N3O2/c1-33(30-16-10-18-32(24-30)35-2)27-19-21-29(22-20-27)34(28-14-7-4-8-15-28)31-17-9-13-26(23-31)25-11-5-3-6-12-25;1-32(29-15-9-17-31(23-29)34(35)36)26-18-20-28(21-19-26)33(27-13-6-3-7-14-27)30-16-8-12-25(22-30)24-10-4-2-5-11-24;1-32(27-17-21-30(22-18-27)34(35)36)26-15-19-29(20-16-26)33(28-12-6-3-7-13-28)31-14-8-11-25(23-31)24-9-4-2-5-10-24/h3-24H,1-2H3;2*2-23H,1H3. The van der Waals surface area contributed by atoms with Crippen LogP contribution in [0.2, 0.25) is 0 Å². The van der Waals surface area contributed by atoms with Crippen molar-refractivity contribution in [3.8, 4) is 39.1 Å². The van der Waals surface area contributed by atoms with Crippen LogP contribution in [-0.2, 0) is 0 Å². The van der Waals surface area contributed by atoms with Gasteiger partial charge in [-0.05, 0) is 209 Å². The molecule has 0 aliphatic rings. The van der Waals surface area contributed by atoms with Gasteiger partial charge in [-0.25, -0.2) is 0 Å². The topological polar surface area (TPSA) is 115 Å². The summed E-state index contributed by atoms with van der Waals surface area (Å²) in [6.45, 7) is 0. The van der Waals surface area contributed by atoms with Crippen LogP contribution >= 0.6 is 0 Å². The first-order chi connectivity index (χ1) is 52.4. The quantitative estimate of drug-likeness (QED) is 0.0506. The number of methoxy groups -OCH3 is 1. The predicted octanol–water partition coefficient (Wildman–Crippen LogP) is 25.6. The third-order valence-electron chi connectivity index (χ3n) is 18.5. The summed E-state index contributed by atoms with van der Waals surface area (Å²) < 4.78 is 5.40. The minimum Gasteiger partial charge on any atom is -0.497 e. The van der Waals surface area contributed by atoms with E-state index in [1.54, 1.807) is 31.4 Å². The molecule has 0 aliphatic heterocycles. The molecule has 0 saturated heterocycles. The van der Waals surface area contributed by atoms with Gasteiger partial charge in [0.1, 0.15) is 5.75 Å². The average molecular weight is 1400 g/mol. The first-order valence-corrected chi connectivity index (χ1v) is 35.1. The number of nitro groups is 2. The van der Waals surface area contributed by atoms with Crippen molar-refractivity contribution in [2.24, 2.45) is 0 Å². The number of hydrogen-bond donors (Lipinski definition) is 0. The molecule has 0 aliphatic carbocycles. The summed E-state index contributed by atoms with van der Waals surface area (Å²) in [6.07, 6.45) is 0. The molecule has 15 aromatic rings. The molecule has 0 unspecified atom stereocenters. The second-order valence-electron chi connectivity index (χ2n) is 25.2. The molecule has 13 heteroatoms. The van der Waals surface area contributed by atoms with Crippen LogP contribution in [0.25, 0.3) is 33.4 Å². The fraction of sp³-hybridized carbons (Fsp3) is 0.0426. The number of nitro benzene ring substituents is 2. The normalized spacial score (nSPS) is 10.6. The Morgan fingerprint density at radius 1 is 0.215 bits per heavy atom. The Balaban J connectivity index is 0.000000142. The predicted molar refractivity (Wildman–Crippen MR) is 443 cm³/mol. The molecule has 0 aromatic heterocycles. The molecule has 0 fully saturated rings. The molecule has 107 heavy (non-hydrogen) atoms. The van der Waals surface area contributed by atoms with Crippen molar-refractivity contribution in [3.05, 3.63) is 421 Å². The highest BCUT2D eigenvalue weighted by Crippen LogP contribution is 2.42. The lowest BCUT2D eigenvalue weighted by molar-refractivity contribution is -0.385. The number of non-ortho nitro benzene ring substituents is 2. The maximum Gasteiger partial charge on any atom is 0.271 e. The number of rotatable bonds is 21. The van der Waals surface area contributed by atoms with Gasteiger partial charge >= 0.3 is 0 Å². The molecule has 0 bridgehead atoms. The Morgan fingerprint density at radius 3 is 0.766 bits per heavy atom. The van der Waals surface area contributed by atoms with Gasteiger partial charge < -0.3 is 34.1 Å². The number of hydrogen-bond acceptors (Lipinski definition) is 11. The average Bonchev–Trinajstić information content (AvgIpc) is 0.805. The van der Waals surface area contributed by atoms with Crippen LogP contribution in [0.4, 0.5) is 96.7 Å². The molecule has 0 saturated carbocycles.